The van der Waals surface area contributed by atoms with Crippen molar-refractivity contribution in [1.82, 2.24) is 10.2 Å². The molecule has 3 aliphatic heterocycles. The van der Waals surface area contributed by atoms with E-state index in [4.69, 9.17) is 4.74 Å². The molecular formula is C20H26N2O2. The fraction of sp³-hybridized carbons (Fsp3) is 0.500. The van der Waals surface area contributed by atoms with Crippen molar-refractivity contribution < 1.29 is 9.84 Å². The van der Waals surface area contributed by atoms with E-state index < -0.39 is 6.10 Å². The Morgan fingerprint density at radius 2 is 1.92 bits per heavy atom. The van der Waals surface area contributed by atoms with Gasteiger partial charge in [-0.3, -0.25) is 0 Å². The molecule has 3 fully saturated rings. The van der Waals surface area contributed by atoms with Crippen molar-refractivity contribution >= 4 is 10.8 Å². The van der Waals surface area contributed by atoms with Gasteiger partial charge in [0.1, 0.15) is 18.5 Å². The molecule has 3 heterocycles. The molecule has 0 unspecified atom stereocenters. The van der Waals surface area contributed by atoms with Crippen LogP contribution >= 0.6 is 0 Å². The quantitative estimate of drug-likeness (QED) is 0.855. The van der Waals surface area contributed by atoms with Gasteiger partial charge in [0.25, 0.3) is 0 Å². The number of hydrogen-bond donors (Lipinski definition) is 2. The zero-order valence-electron chi connectivity index (χ0n) is 14.0. The van der Waals surface area contributed by atoms with Crippen LogP contribution in [0.1, 0.15) is 12.8 Å². The van der Waals surface area contributed by atoms with E-state index in [9.17, 15) is 5.11 Å². The number of benzene rings is 2. The second-order valence-electron chi connectivity index (χ2n) is 7.09. The predicted octanol–water partition coefficient (Wildman–Crippen LogP) is 2.26. The zero-order chi connectivity index (χ0) is 16.4. The summed E-state index contributed by atoms with van der Waals surface area (Å²) < 4.78 is 5.88. The van der Waals surface area contributed by atoms with Gasteiger partial charge in [-0.15, -0.1) is 0 Å². The standard InChI is InChI=1S/C20H26N2O2/c23-17(12-21-19-13-22-10-8-16(19)9-11-22)14-24-20-7-3-5-15-4-1-2-6-18(15)20/h1-7,16-17,19,21,23H,8-14H2/t17-,19-/m1/s1. The van der Waals surface area contributed by atoms with Crippen LogP contribution in [0.2, 0.25) is 0 Å². The number of aliphatic hydroxyl groups excluding tert-OH is 1. The van der Waals surface area contributed by atoms with E-state index in [2.05, 4.69) is 28.4 Å². The Kier molecular flexibility index (Phi) is 4.69. The highest BCUT2D eigenvalue weighted by atomic mass is 16.5. The van der Waals surface area contributed by atoms with Crippen molar-refractivity contribution in [2.45, 2.75) is 25.0 Å². The molecule has 0 saturated carbocycles. The number of ether oxygens (including phenoxy) is 1. The molecule has 0 amide bonds. The average molecular weight is 326 g/mol. The largest absolute Gasteiger partial charge is 0.490 e. The molecule has 24 heavy (non-hydrogen) atoms. The van der Waals surface area contributed by atoms with E-state index in [1.54, 1.807) is 0 Å². The van der Waals surface area contributed by atoms with E-state index in [1.165, 1.54) is 25.9 Å². The Morgan fingerprint density at radius 3 is 2.71 bits per heavy atom. The van der Waals surface area contributed by atoms with Gasteiger partial charge in [0, 0.05) is 24.5 Å². The van der Waals surface area contributed by atoms with Gasteiger partial charge < -0.3 is 20.1 Å². The lowest BCUT2D eigenvalue weighted by Crippen LogP contribution is -2.57. The first kappa shape index (κ1) is 15.9. The monoisotopic (exact) mass is 326 g/mol. The molecule has 3 aliphatic rings. The van der Waals surface area contributed by atoms with Crippen LogP contribution in [0.3, 0.4) is 0 Å². The zero-order valence-corrected chi connectivity index (χ0v) is 14.0. The Bertz CT molecular complexity index is 677. The van der Waals surface area contributed by atoms with Gasteiger partial charge in [0.2, 0.25) is 0 Å². The minimum atomic E-state index is -0.487. The Labute approximate surface area is 143 Å². The molecule has 5 rings (SSSR count). The van der Waals surface area contributed by atoms with E-state index >= 15 is 0 Å². The fourth-order valence-electron chi connectivity index (χ4n) is 4.05. The molecule has 2 N–H and O–H groups in total. The van der Waals surface area contributed by atoms with E-state index in [1.807, 2.05) is 24.3 Å². The summed E-state index contributed by atoms with van der Waals surface area (Å²) in [5.74, 6) is 1.62. The molecule has 2 aromatic carbocycles. The second kappa shape index (κ2) is 7.09. The van der Waals surface area contributed by atoms with Crippen molar-refractivity contribution in [3.8, 4) is 5.75 Å². The number of piperidine rings is 3. The predicted molar refractivity (Wildman–Crippen MR) is 96.4 cm³/mol. The van der Waals surface area contributed by atoms with Crippen LogP contribution < -0.4 is 10.1 Å². The summed E-state index contributed by atoms with van der Waals surface area (Å²) in [5, 5.41) is 16.1. The first-order valence-corrected chi connectivity index (χ1v) is 9.04. The number of nitrogens with one attached hydrogen (secondary N) is 1. The lowest BCUT2D eigenvalue weighted by molar-refractivity contribution is 0.0553. The fourth-order valence-corrected chi connectivity index (χ4v) is 4.05. The van der Waals surface area contributed by atoms with Gasteiger partial charge in [0.05, 0.1) is 0 Å². The first-order chi connectivity index (χ1) is 11.8. The van der Waals surface area contributed by atoms with Gasteiger partial charge in [-0.2, -0.15) is 0 Å². The smallest absolute Gasteiger partial charge is 0.127 e. The molecule has 0 aliphatic carbocycles. The van der Waals surface area contributed by atoms with Crippen molar-refractivity contribution in [2.75, 3.05) is 32.8 Å². The molecule has 2 bridgehead atoms. The van der Waals surface area contributed by atoms with Crippen LogP contribution in [0, 0.1) is 5.92 Å². The maximum Gasteiger partial charge on any atom is 0.127 e. The summed E-state index contributed by atoms with van der Waals surface area (Å²) in [7, 11) is 0. The van der Waals surface area contributed by atoms with Crippen LogP contribution in [-0.2, 0) is 0 Å². The summed E-state index contributed by atoms with van der Waals surface area (Å²) >= 11 is 0. The lowest BCUT2D eigenvalue weighted by Gasteiger charge is -2.45. The van der Waals surface area contributed by atoms with Gasteiger partial charge in [-0.25, -0.2) is 0 Å². The Morgan fingerprint density at radius 1 is 1.12 bits per heavy atom. The van der Waals surface area contributed by atoms with Crippen LogP contribution in [0.4, 0.5) is 0 Å². The molecule has 2 atom stereocenters. The minimum Gasteiger partial charge on any atom is -0.490 e. The van der Waals surface area contributed by atoms with Crippen LogP contribution in [0.25, 0.3) is 10.8 Å². The van der Waals surface area contributed by atoms with Gasteiger partial charge in [0.15, 0.2) is 0 Å². The third-order valence-corrected chi connectivity index (χ3v) is 5.45. The van der Waals surface area contributed by atoms with Crippen LogP contribution in [-0.4, -0.2) is 54.9 Å². The topological polar surface area (TPSA) is 44.7 Å². The second-order valence-corrected chi connectivity index (χ2v) is 7.09. The number of fused-ring (bicyclic) bond motifs is 4. The highest BCUT2D eigenvalue weighted by Crippen LogP contribution is 2.27. The number of rotatable bonds is 6. The van der Waals surface area contributed by atoms with Gasteiger partial charge in [-0.1, -0.05) is 36.4 Å². The van der Waals surface area contributed by atoms with Crippen molar-refractivity contribution in [3.05, 3.63) is 42.5 Å². The summed E-state index contributed by atoms with van der Waals surface area (Å²) in [6, 6.07) is 14.7. The molecular weight excluding hydrogens is 300 g/mol. The maximum atomic E-state index is 10.3. The van der Waals surface area contributed by atoms with Crippen LogP contribution in [0.5, 0.6) is 5.75 Å². The van der Waals surface area contributed by atoms with Crippen molar-refractivity contribution in [1.29, 1.82) is 0 Å². The number of nitrogens with zero attached hydrogens (tertiary/aromatic N) is 1. The third-order valence-electron chi connectivity index (χ3n) is 5.45. The van der Waals surface area contributed by atoms with Crippen molar-refractivity contribution in [2.24, 2.45) is 5.92 Å². The lowest BCUT2D eigenvalue weighted by atomic mass is 9.84. The number of aliphatic hydroxyl groups is 1. The highest BCUT2D eigenvalue weighted by molar-refractivity contribution is 5.88. The normalized spacial score (nSPS) is 27.3. The molecule has 3 saturated heterocycles. The summed E-state index contributed by atoms with van der Waals surface area (Å²) in [6.07, 6.45) is 2.10. The van der Waals surface area contributed by atoms with Gasteiger partial charge >= 0.3 is 0 Å². The third kappa shape index (κ3) is 3.41. The van der Waals surface area contributed by atoms with E-state index in [0.29, 0.717) is 19.2 Å². The number of hydrogen-bond acceptors (Lipinski definition) is 4. The Balaban J connectivity index is 1.29. The van der Waals surface area contributed by atoms with Gasteiger partial charge in [-0.05, 0) is 43.3 Å². The minimum absolute atomic E-state index is 0.322. The summed E-state index contributed by atoms with van der Waals surface area (Å²) in [5.41, 5.74) is 0. The molecule has 128 valence electrons. The molecule has 4 heteroatoms. The molecule has 0 radical (unpaired) electrons. The SMILES string of the molecule is O[C@H](CN[C@@H]1CN2CCC1CC2)COc1cccc2ccccc12. The van der Waals surface area contributed by atoms with E-state index in [0.717, 1.165) is 29.0 Å². The molecule has 4 nitrogen and oxygen atoms in total. The summed E-state index contributed by atoms with van der Waals surface area (Å²) in [6.45, 7) is 4.54. The molecule has 0 spiro atoms. The van der Waals surface area contributed by atoms with E-state index in [-0.39, 0.29) is 0 Å². The molecule has 2 aromatic rings. The summed E-state index contributed by atoms with van der Waals surface area (Å²) in [4.78, 5) is 2.52. The van der Waals surface area contributed by atoms with Crippen molar-refractivity contribution in [3.63, 3.8) is 0 Å². The average Bonchev–Trinajstić information content (AvgIpc) is 2.65. The highest BCUT2D eigenvalue weighted by Gasteiger charge is 2.33. The maximum absolute atomic E-state index is 10.3. The van der Waals surface area contributed by atoms with Crippen LogP contribution in [0.15, 0.2) is 42.5 Å². The molecule has 0 aromatic heterocycles. The Hall–Kier alpha value is -1.62. The first-order valence-electron chi connectivity index (χ1n) is 9.04.